The van der Waals surface area contributed by atoms with Crippen LogP contribution in [-0.2, 0) is 0 Å². The van der Waals surface area contributed by atoms with Crippen molar-refractivity contribution < 1.29 is 0 Å². The van der Waals surface area contributed by atoms with Crippen LogP contribution in [0.15, 0.2) is 261 Å². The van der Waals surface area contributed by atoms with E-state index in [1.165, 1.54) is 86.0 Å². The molecule has 70 heavy (non-hydrogen) atoms. The second-order valence-electron chi connectivity index (χ2n) is 18.0. The average Bonchev–Trinajstić information content (AvgIpc) is 4.10. The fraction of sp³-hybridized carbons (Fsp3) is 0. The highest BCUT2D eigenvalue weighted by atomic mass is 32.1. The first-order valence-corrected chi connectivity index (χ1v) is 24.7. The second-order valence-corrected chi connectivity index (χ2v) is 19.1. The second kappa shape index (κ2) is 16.4. The number of benzene rings is 11. The summed E-state index contributed by atoms with van der Waals surface area (Å²) in [6.07, 6.45) is 0. The monoisotopic (exact) mass is 909 g/mol. The predicted molar refractivity (Wildman–Crippen MR) is 299 cm³/mol. The van der Waals surface area contributed by atoms with E-state index in [-0.39, 0.29) is 0 Å². The predicted octanol–water partition coefficient (Wildman–Crippen LogP) is 18.7. The summed E-state index contributed by atoms with van der Waals surface area (Å²) in [6.45, 7) is 0. The van der Waals surface area contributed by atoms with Gasteiger partial charge in [-0.1, -0.05) is 182 Å². The number of anilines is 3. The third kappa shape index (κ3) is 6.42. The highest BCUT2D eigenvalue weighted by molar-refractivity contribution is 7.26. The molecule has 0 aliphatic heterocycles. The van der Waals surface area contributed by atoms with E-state index in [9.17, 15) is 0 Å². The minimum absolute atomic E-state index is 1.08. The summed E-state index contributed by atoms with van der Waals surface area (Å²) in [6, 6.07) is 95.3. The SMILES string of the molecule is c1ccc(-n2c3ccccc3c3ccccc32)c(-c2ccc(N(c3ccc(-c4ccccc4-n4c5ccccc5c5ccccc54)cc3)c3ccc(-c4cccc5c4sc4ccccc45)cc3)cc2)c1. The summed E-state index contributed by atoms with van der Waals surface area (Å²) >= 11 is 1.87. The Kier molecular flexibility index (Phi) is 9.39. The van der Waals surface area contributed by atoms with Gasteiger partial charge in [0.2, 0.25) is 0 Å². The molecule has 4 heteroatoms. The first kappa shape index (κ1) is 40.1. The van der Waals surface area contributed by atoms with Crippen LogP contribution in [0.4, 0.5) is 17.1 Å². The van der Waals surface area contributed by atoms with E-state index in [0.717, 1.165) is 39.6 Å². The van der Waals surface area contributed by atoms with Gasteiger partial charge in [-0.2, -0.15) is 0 Å². The topological polar surface area (TPSA) is 13.1 Å². The van der Waals surface area contributed by atoms with Gasteiger partial charge in [0.1, 0.15) is 0 Å². The van der Waals surface area contributed by atoms with Gasteiger partial charge in [0.25, 0.3) is 0 Å². The molecule has 0 amide bonds. The van der Waals surface area contributed by atoms with Gasteiger partial charge >= 0.3 is 0 Å². The number of hydrogen-bond acceptors (Lipinski definition) is 2. The van der Waals surface area contributed by atoms with Crippen LogP contribution in [0.2, 0.25) is 0 Å². The van der Waals surface area contributed by atoms with Gasteiger partial charge in [-0.05, 0) is 101 Å². The van der Waals surface area contributed by atoms with Crippen LogP contribution < -0.4 is 4.90 Å². The molecule has 0 radical (unpaired) electrons. The molecule has 0 aliphatic carbocycles. The van der Waals surface area contributed by atoms with E-state index >= 15 is 0 Å². The van der Waals surface area contributed by atoms with E-state index < -0.39 is 0 Å². The van der Waals surface area contributed by atoms with E-state index in [2.05, 4.69) is 275 Å². The van der Waals surface area contributed by atoms with Gasteiger partial charge in [0, 0.05) is 69.9 Å². The Morgan fingerprint density at radius 1 is 0.257 bits per heavy atom. The molecule has 0 spiro atoms. The zero-order valence-corrected chi connectivity index (χ0v) is 38.9. The molecule has 0 bridgehead atoms. The fourth-order valence-corrected chi connectivity index (χ4v) is 12.2. The van der Waals surface area contributed by atoms with Crippen LogP contribution in [0.5, 0.6) is 0 Å². The molecular weight excluding hydrogens is 867 g/mol. The maximum atomic E-state index is 2.42. The van der Waals surface area contributed by atoms with Crippen molar-refractivity contribution in [1.29, 1.82) is 0 Å². The van der Waals surface area contributed by atoms with Gasteiger partial charge in [-0.3, -0.25) is 0 Å². The van der Waals surface area contributed by atoms with Crippen molar-refractivity contribution in [2.75, 3.05) is 4.90 Å². The number of rotatable bonds is 8. The molecule has 14 rings (SSSR count). The van der Waals surface area contributed by atoms with Gasteiger partial charge < -0.3 is 14.0 Å². The molecule has 14 aromatic rings. The van der Waals surface area contributed by atoms with Crippen LogP contribution in [0, 0.1) is 0 Å². The molecule has 0 saturated carbocycles. The fourth-order valence-electron chi connectivity index (χ4n) is 11.0. The lowest BCUT2D eigenvalue weighted by atomic mass is 10.0. The van der Waals surface area contributed by atoms with Crippen molar-refractivity contribution in [2.24, 2.45) is 0 Å². The van der Waals surface area contributed by atoms with Crippen LogP contribution in [0.25, 0.3) is 109 Å². The highest BCUT2D eigenvalue weighted by Crippen LogP contribution is 2.44. The molecule has 11 aromatic carbocycles. The van der Waals surface area contributed by atoms with Gasteiger partial charge in [0.15, 0.2) is 0 Å². The summed E-state index contributed by atoms with van der Waals surface area (Å²) in [5.41, 5.74) is 17.5. The largest absolute Gasteiger partial charge is 0.311 e. The maximum absolute atomic E-state index is 2.42. The van der Waals surface area contributed by atoms with Crippen molar-refractivity contribution in [1.82, 2.24) is 9.13 Å². The normalized spacial score (nSPS) is 11.7. The first-order valence-electron chi connectivity index (χ1n) is 23.9. The first-order chi connectivity index (χ1) is 34.7. The number of fused-ring (bicyclic) bond motifs is 9. The summed E-state index contributed by atoms with van der Waals surface area (Å²) in [7, 11) is 0. The summed E-state index contributed by atoms with van der Waals surface area (Å²) in [5, 5.41) is 7.65. The summed E-state index contributed by atoms with van der Waals surface area (Å²) in [5.74, 6) is 0. The van der Waals surface area contributed by atoms with Gasteiger partial charge in [-0.15, -0.1) is 11.3 Å². The Hall–Kier alpha value is -8.96. The number of hydrogen-bond donors (Lipinski definition) is 0. The molecule has 328 valence electrons. The number of thiophene rings is 1. The van der Waals surface area contributed by atoms with Crippen molar-refractivity contribution in [3.63, 3.8) is 0 Å². The molecule has 0 fully saturated rings. The zero-order valence-electron chi connectivity index (χ0n) is 38.1. The highest BCUT2D eigenvalue weighted by Gasteiger charge is 2.20. The maximum Gasteiger partial charge on any atom is 0.0541 e. The summed E-state index contributed by atoms with van der Waals surface area (Å²) < 4.78 is 7.47. The van der Waals surface area contributed by atoms with E-state index in [0.29, 0.717) is 0 Å². The van der Waals surface area contributed by atoms with Crippen molar-refractivity contribution >= 4 is 92.2 Å². The molecule has 0 saturated heterocycles. The molecule has 3 heterocycles. The minimum Gasteiger partial charge on any atom is -0.311 e. The molecule has 0 unspecified atom stereocenters. The lowest BCUT2D eigenvalue weighted by Gasteiger charge is -2.26. The zero-order chi connectivity index (χ0) is 46.1. The molecular formula is C66H43N3S. The number of aromatic nitrogens is 2. The standard InChI is InChI=1S/C66H43N3S/c1-8-25-59(68-61-27-10-3-18-53(61)54-19-4-11-28-62(54)68)50(16-1)44-32-38-47(39-33-44)67(49-42-36-46(37-43-49)52-23-15-24-58-57-22-7-14-31-65(57)70-66(52)58)48-40-34-45(35-41-48)51-17-2-9-26-60(51)69-63-29-12-5-20-55(63)56-21-6-13-30-64(56)69/h1-43H. The van der Waals surface area contributed by atoms with Gasteiger partial charge in [-0.25, -0.2) is 0 Å². The third-order valence-corrected chi connectivity index (χ3v) is 15.4. The Morgan fingerprint density at radius 2 is 0.586 bits per heavy atom. The quantitative estimate of drug-likeness (QED) is 0.148. The van der Waals surface area contributed by atoms with Crippen LogP contribution in [0.3, 0.4) is 0 Å². The average molecular weight is 910 g/mol. The van der Waals surface area contributed by atoms with Gasteiger partial charge in [0.05, 0.1) is 33.4 Å². The Balaban J connectivity index is 0.881. The number of para-hydroxylation sites is 6. The lowest BCUT2D eigenvalue weighted by molar-refractivity contribution is 1.18. The van der Waals surface area contributed by atoms with Crippen LogP contribution >= 0.6 is 11.3 Å². The van der Waals surface area contributed by atoms with Crippen molar-refractivity contribution in [3.8, 4) is 44.8 Å². The van der Waals surface area contributed by atoms with Crippen LogP contribution in [-0.4, -0.2) is 9.13 Å². The van der Waals surface area contributed by atoms with E-state index in [1.54, 1.807) is 0 Å². The molecule has 3 aromatic heterocycles. The summed E-state index contributed by atoms with van der Waals surface area (Å²) in [4.78, 5) is 2.38. The molecule has 0 N–H and O–H groups in total. The van der Waals surface area contributed by atoms with Crippen molar-refractivity contribution in [3.05, 3.63) is 261 Å². The Labute approximate surface area is 409 Å². The Morgan fingerprint density at radius 3 is 1.03 bits per heavy atom. The Bertz CT molecular complexity index is 3980. The molecule has 3 nitrogen and oxygen atoms in total. The number of nitrogens with zero attached hydrogens (tertiary/aromatic N) is 3. The smallest absolute Gasteiger partial charge is 0.0541 e. The lowest BCUT2D eigenvalue weighted by Crippen LogP contribution is -2.10. The van der Waals surface area contributed by atoms with E-state index in [1.807, 2.05) is 11.3 Å². The van der Waals surface area contributed by atoms with Crippen molar-refractivity contribution in [2.45, 2.75) is 0 Å². The third-order valence-electron chi connectivity index (χ3n) is 14.2. The molecule has 0 atom stereocenters. The molecule has 0 aliphatic rings. The van der Waals surface area contributed by atoms with Crippen LogP contribution in [0.1, 0.15) is 0 Å². The van der Waals surface area contributed by atoms with E-state index in [4.69, 9.17) is 0 Å². The minimum atomic E-state index is 1.08.